The summed E-state index contributed by atoms with van der Waals surface area (Å²) in [6, 6.07) is 7.03. The Bertz CT molecular complexity index is 405. The molecule has 2 aliphatic heterocycles. The summed E-state index contributed by atoms with van der Waals surface area (Å²) in [6.45, 7) is 5.55. The molecule has 3 nitrogen and oxygen atoms in total. The normalized spacial score (nSPS) is 22.6. The maximum Gasteiger partial charge on any atom is 0.142 e. The molecule has 1 unspecified atom stereocenters. The number of ether oxygens (including phenoxy) is 2. The van der Waals surface area contributed by atoms with Gasteiger partial charge in [0.25, 0.3) is 0 Å². The highest BCUT2D eigenvalue weighted by molar-refractivity contribution is 5.62. The molecule has 0 spiro atoms. The molecule has 1 aromatic carbocycles. The number of morpholine rings is 1. The van der Waals surface area contributed by atoms with Crippen LogP contribution in [0.5, 0.6) is 5.75 Å². The molecule has 92 valence electrons. The minimum absolute atomic E-state index is 0.397. The lowest BCUT2D eigenvalue weighted by Gasteiger charge is -2.41. The van der Waals surface area contributed by atoms with E-state index < -0.39 is 0 Å². The van der Waals surface area contributed by atoms with Crippen LogP contribution in [0.25, 0.3) is 0 Å². The van der Waals surface area contributed by atoms with Crippen molar-refractivity contribution < 1.29 is 9.47 Å². The molecule has 3 heteroatoms. The van der Waals surface area contributed by atoms with Crippen LogP contribution in [-0.4, -0.2) is 32.4 Å². The molecule has 2 aliphatic rings. The first-order valence-corrected chi connectivity index (χ1v) is 6.48. The molecule has 0 saturated carbocycles. The maximum absolute atomic E-state index is 5.86. The van der Waals surface area contributed by atoms with Gasteiger partial charge >= 0.3 is 0 Å². The molecule has 0 N–H and O–H groups in total. The van der Waals surface area contributed by atoms with Crippen LogP contribution in [0.3, 0.4) is 0 Å². The molecule has 3 rings (SSSR count). The number of anilines is 1. The van der Waals surface area contributed by atoms with Gasteiger partial charge in [-0.05, 0) is 24.1 Å². The van der Waals surface area contributed by atoms with E-state index in [9.17, 15) is 0 Å². The van der Waals surface area contributed by atoms with Gasteiger partial charge in [-0.3, -0.25) is 0 Å². The Labute approximate surface area is 102 Å². The number of benzene rings is 1. The van der Waals surface area contributed by atoms with Crippen molar-refractivity contribution in [3.8, 4) is 5.75 Å². The SMILES string of the molecule is CCCc1ccc2c(c1)OCC1COCCN21. The van der Waals surface area contributed by atoms with Crippen molar-refractivity contribution in [3.05, 3.63) is 23.8 Å². The smallest absolute Gasteiger partial charge is 0.142 e. The molecule has 1 fully saturated rings. The Balaban J connectivity index is 1.89. The zero-order valence-electron chi connectivity index (χ0n) is 10.3. The first kappa shape index (κ1) is 10.9. The molecule has 1 aromatic rings. The second-order valence-corrected chi connectivity index (χ2v) is 4.79. The number of rotatable bonds is 2. The lowest BCUT2D eigenvalue weighted by Crippen LogP contribution is -2.51. The van der Waals surface area contributed by atoms with E-state index in [1.807, 2.05) is 0 Å². The number of hydrogen-bond donors (Lipinski definition) is 0. The fraction of sp³-hybridized carbons (Fsp3) is 0.571. The minimum Gasteiger partial charge on any atom is -0.489 e. The third kappa shape index (κ3) is 2.00. The summed E-state index contributed by atoms with van der Waals surface area (Å²) >= 11 is 0. The van der Waals surface area contributed by atoms with E-state index >= 15 is 0 Å². The van der Waals surface area contributed by atoms with Crippen LogP contribution >= 0.6 is 0 Å². The molecular formula is C14H19NO2. The van der Waals surface area contributed by atoms with Gasteiger partial charge in [0.05, 0.1) is 24.9 Å². The summed E-state index contributed by atoms with van der Waals surface area (Å²) in [5, 5.41) is 0. The Kier molecular flexibility index (Phi) is 2.93. The van der Waals surface area contributed by atoms with Crippen molar-refractivity contribution in [3.63, 3.8) is 0 Å². The van der Waals surface area contributed by atoms with Crippen molar-refractivity contribution in [1.29, 1.82) is 0 Å². The molecule has 0 bridgehead atoms. The summed E-state index contributed by atoms with van der Waals surface area (Å²) in [5.41, 5.74) is 2.61. The highest BCUT2D eigenvalue weighted by Gasteiger charge is 2.30. The Morgan fingerprint density at radius 2 is 2.29 bits per heavy atom. The van der Waals surface area contributed by atoms with Crippen LogP contribution in [0.4, 0.5) is 5.69 Å². The maximum atomic E-state index is 5.86. The van der Waals surface area contributed by atoms with Crippen LogP contribution in [0.2, 0.25) is 0 Å². The van der Waals surface area contributed by atoms with Gasteiger partial charge in [-0.15, -0.1) is 0 Å². The number of nitrogens with zero attached hydrogens (tertiary/aromatic N) is 1. The molecule has 0 radical (unpaired) electrons. The van der Waals surface area contributed by atoms with Crippen molar-refractivity contribution in [2.24, 2.45) is 0 Å². The zero-order valence-corrected chi connectivity index (χ0v) is 10.3. The summed E-state index contributed by atoms with van der Waals surface area (Å²) in [4.78, 5) is 2.43. The Morgan fingerprint density at radius 1 is 1.35 bits per heavy atom. The second kappa shape index (κ2) is 4.57. The predicted octanol–water partition coefficient (Wildman–Crippen LogP) is 2.24. The van der Waals surface area contributed by atoms with Crippen LogP contribution in [0.1, 0.15) is 18.9 Å². The first-order chi connectivity index (χ1) is 8.38. The first-order valence-electron chi connectivity index (χ1n) is 6.48. The zero-order chi connectivity index (χ0) is 11.7. The largest absolute Gasteiger partial charge is 0.489 e. The molecule has 1 atom stereocenters. The van der Waals surface area contributed by atoms with Crippen LogP contribution in [0.15, 0.2) is 18.2 Å². The number of hydrogen-bond acceptors (Lipinski definition) is 3. The van der Waals surface area contributed by atoms with Crippen molar-refractivity contribution in [2.45, 2.75) is 25.8 Å². The van der Waals surface area contributed by atoms with Gasteiger partial charge in [-0.2, -0.15) is 0 Å². The van der Waals surface area contributed by atoms with E-state index in [1.54, 1.807) is 0 Å². The topological polar surface area (TPSA) is 21.7 Å². The van der Waals surface area contributed by atoms with E-state index in [2.05, 4.69) is 30.0 Å². The lowest BCUT2D eigenvalue weighted by molar-refractivity contribution is 0.0705. The third-order valence-corrected chi connectivity index (χ3v) is 3.53. The standard InChI is InChI=1S/C14H19NO2/c1-2-3-11-4-5-13-14(8-11)17-10-12-9-16-7-6-15(12)13/h4-5,8,12H,2-3,6-7,9-10H2,1H3. The molecule has 1 saturated heterocycles. The third-order valence-electron chi connectivity index (χ3n) is 3.53. The minimum atomic E-state index is 0.397. The number of fused-ring (bicyclic) bond motifs is 3. The highest BCUT2D eigenvalue weighted by atomic mass is 16.5. The molecule has 0 aliphatic carbocycles. The van der Waals surface area contributed by atoms with Crippen molar-refractivity contribution in [2.75, 3.05) is 31.3 Å². The average Bonchev–Trinajstić information content (AvgIpc) is 2.39. The van der Waals surface area contributed by atoms with Crippen molar-refractivity contribution in [1.82, 2.24) is 0 Å². The summed E-state index contributed by atoms with van der Waals surface area (Å²) in [5.74, 6) is 1.05. The number of aryl methyl sites for hydroxylation is 1. The van der Waals surface area contributed by atoms with E-state index in [0.29, 0.717) is 6.04 Å². The van der Waals surface area contributed by atoms with Crippen LogP contribution in [0, 0.1) is 0 Å². The van der Waals surface area contributed by atoms with Gasteiger partial charge in [0.15, 0.2) is 0 Å². The molecular weight excluding hydrogens is 214 g/mol. The van der Waals surface area contributed by atoms with Crippen LogP contribution < -0.4 is 9.64 Å². The molecule has 17 heavy (non-hydrogen) atoms. The Morgan fingerprint density at radius 3 is 3.18 bits per heavy atom. The highest BCUT2D eigenvalue weighted by Crippen LogP contribution is 2.35. The monoisotopic (exact) mass is 233 g/mol. The average molecular weight is 233 g/mol. The molecule has 0 aromatic heterocycles. The fourth-order valence-electron chi connectivity index (χ4n) is 2.65. The predicted molar refractivity (Wildman–Crippen MR) is 67.9 cm³/mol. The molecule has 0 amide bonds. The van der Waals surface area contributed by atoms with E-state index in [0.717, 1.165) is 38.5 Å². The van der Waals surface area contributed by atoms with Gasteiger partial charge in [0.2, 0.25) is 0 Å². The summed E-state index contributed by atoms with van der Waals surface area (Å²) in [6.07, 6.45) is 2.31. The fourth-order valence-corrected chi connectivity index (χ4v) is 2.65. The van der Waals surface area contributed by atoms with E-state index in [1.165, 1.54) is 17.7 Å². The summed E-state index contributed by atoms with van der Waals surface area (Å²) in [7, 11) is 0. The van der Waals surface area contributed by atoms with Gasteiger partial charge in [0, 0.05) is 6.54 Å². The van der Waals surface area contributed by atoms with E-state index in [-0.39, 0.29) is 0 Å². The van der Waals surface area contributed by atoms with Crippen LogP contribution in [-0.2, 0) is 11.2 Å². The van der Waals surface area contributed by atoms with Gasteiger partial charge in [0.1, 0.15) is 12.4 Å². The van der Waals surface area contributed by atoms with Gasteiger partial charge in [-0.1, -0.05) is 19.4 Å². The lowest BCUT2D eigenvalue weighted by atomic mass is 10.1. The summed E-state index contributed by atoms with van der Waals surface area (Å²) < 4.78 is 11.4. The Hall–Kier alpha value is -1.22. The van der Waals surface area contributed by atoms with Gasteiger partial charge in [-0.25, -0.2) is 0 Å². The van der Waals surface area contributed by atoms with Crippen molar-refractivity contribution >= 4 is 5.69 Å². The second-order valence-electron chi connectivity index (χ2n) is 4.79. The van der Waals surface area contributed by atoms with Gasteiger partial charge < -0.3 is 14.4 Å². The quantitative estimate of drug-likeness (QED) is 0.782. The molecule has 2 heterocycles. The van der Waals surface area contributed by atoms with E-state index in [4.69, 9.17) is 9.47 Å².